The molecule has 0 saturated heterocycles. The van der Waals surface area contributed by atoms with E-state index in [-0.39, 0.29) is 15.2 Å². The van der Waals surface area contributed by atoms with Crippen molar-refractivity contribution >= 4 is 47.7 Å². The number of pyridine rings is 1. The summed E-state index contributed by atoms with van der Waals surface area (Å²) in [6.45, 7) is 0. The van der Waals surface area contributed by atoms with E-state index in [1.807, 2.05) is 0 Å². The summed E-state index contributed by atoms with van der Waals surface area (Å²) in [6, 6.07) is 6.86. The smallest absolute Gasteiger partial charge is 0.262 e. The van der Waals surface area contributed by atoms with Crippen LogP contribution in [0.1, 0.15) is 0 Å². The molecule has 2 rings (SSSR count). The third-order valence-electron chi connectivity index (χ3n) is 2.19. The SMILES string of the molecule is O=S(=O)(Nc1ncccc1Br)c1ccc(Br)c(F)c1. The van der Waals surface area contributed by atoms with Crippen LogP contribution in [0.4, 0.5) is 10.2 Å². The lowest BCUT2D eigenvalue weighted by atomic mass is 10.3. The van der Waals surface area contributed by atoms with Crippen LogP contribution in [0.25, 0.3) is 0 Å². The molecule has 1 N–H and O–H groups in total. The predicted molar refractivity (Wildman–Crippen MR) is 76.8 cm³/mol. The Morgan fingerprint density at radius 2 is 1.89 bits per heavy atom. The van der Waals surface area contributed by atoms with Crippen LogP contribution >= 0.6 is 31.9 Å². The number of aromatic nitrogens is 1. The van der Waals surface area contributed by atoms with Crippen LogP contribution in [-0.4, -0.2) is 13.4 Å². The zero-order valence-corrected chi connectivity index (χ0v) is 13.3. The Kier molecular flexibility index (Phi) is 4.22. The molecule has 100 valence electrons. The van der Waals surface area contributed by atoms with Gasteiger partial charge in [-0.1, -0.05) is 0 Å². The van der Waals surface area contributed by atoms with Gasteiger partial charge in [0.05, 0.1) is 13.8 Å². The number of hydrogen-bond donors (Lipinski definition) is 1. The minimum Gasteiger partial charge on any atom is -0.262 e. The molecule has 4 nitrogen and oxygen atoms in total. The minimum absolute atomic E-state index is 0.144. The molecule has 1 aromatic carbocycles. The highest BCUT2D eigenvalue weighted by atomic mass is 79.9. The highest BCUT2D eigenvalue weighted by molar-refractivity contribution is 9.10. The van der Waals surface area contributed by atoms with Crippen LogP contribution in [0.2, 0.25) is 0 Å². The van der Waals surface area contributed by atoms with Gasteiger partial charge < -0.3 is 0 Å². The first-order valence-electron chi connectivity index (χ1n) is 4.98. The van der Waals surface area contributed by atoms with Crippen LogP contribution < -0.4 is 4.72 Å². The second kappa shape index (κ2) is 5.56. The normalized spacial score (nSPS) is 11.3. The van der Waals surface area contributed by atoms with Gasteiger partial charge in [-0.15, -0.1) is 0 Å². The molecular weight excluding hydrogens is 403 g/mol. The van der Waals surface area contributed by atoms with E-state index in [1.54, 1.807) is 12.1 Å². The van der Waals surface area contributed by atoms with Gasteiger partial charge in [-0.3, -0.25) is 4.72 Å². The number of nitrogens with one attached hydrogen (secondary N) is 1. The molecule has 0 radical (unpaired) electrons. The molecule has 1 heterocycles. The highest BCUT2D eigenvalue weighted by Gasteiger charge is 2.17. The summed E-state index contributed by atoms with van der Waals surface area (Å²) in [6.07, 6.45) is 1.45. The molecule has 0 aliphatic rings. The Bertz CT molecular complexity index is 722. The summed E-state index contributed by atoms with van der Waals surface area (Å²) in [5.74, 6) is -0.506. The van der Waals surface area contributed by atoms with Crippen LogP contribution in [0, 0.1) is 5.82 Å². The van der Waals surface area contributed by atoms with Crippen molar-refractivity contribution in [1.29, 1.82) is 0 Å². The fourth-order valence-corrected chi connectivity index (χ4v) is 3.06. The van der Waals surface area contributed by atoms with Gasteiger partial charge in [0.2, 0.25) is 0 Å². The molecule has 0 unspecified atom stereocenters. The Morgan fingerprint density at radius 1 is 1.16 bits per heavy atom. The Labute approximate surface area is 126 Å². The standard InChI is InChI=1S/C11H7Br2FN2O2S/c12-8-4-3-7(6-10(8)14)19(17,18)16-11-9(13)2-1-5-15-11/h1-6H,(H,15,16). The second-order valence-electron chi connectivity index (χ2n) is 3.52. The van der Waals surface area contributed by atoms with Crippen LogP contribution in [0.5, 0.6) is 0 Å². The van der Waals surface area contributed by atoms with Crippen molar-refractivity contribution in [1.82, 2.24) is 4.98 Å². The van der Waals surface area contributed by atoms with E-state index < -0.39 is 15.8 Å². The molecule has 0 aliphatic carbocycles. The topological polar surface area (TPSA) is 59.1 Å². The molecule has 0 amide bonds. The van der Waals surface area contributed by atoms with Gasteiger partial charge in [0.15, 0.2) is 5.82 Å². The van der Waals surface area contributed by atoms with Gasteiger partial charge in [0.1, 0.15) is 5.82 Å². The fourth-order valence-electron chi connectivity index (χ4n) is 1.29. The first-order chi connectivity index (χ1) is 8.90. The number of hydrogen-bond acceptors (Lipinski definition) is 3. The Balaban J connectivity index is 2.38. The molecule has 0 bridgehead atoms. The average Bonchev–Trinajstić information content (AvgIpc) is 2.35. The summed E-state index contributed by atoms with van der Waals surface area (Å²) in [7, 11) is -3.88. The van der Waals surface area contributed by atoms with E-state index in [9.17, 15) is 12.8 Å². The first-order valence-corrected chi connectivity index (χ1v) is 8.05. The molecule has 0 fully saturated rings. The zero-order chi connectivity index (χ0) is 14.0. The van der Waals surface area contributed by atoms with Crippen LogP contribution in [0.15, 0.2) is 50.4 Å². The number of nitrogens with zero attached hydrogens (tertiary/aromatic N) is 1. The second-order valence-corrected chi connectivity index (χ2v) is 6.91. The Morgan fingerprint density at radius 3 is 2.53 bits per heavy atom. The van der Waals surface area contributed by atoms with Crippen molar-refractivity contribution < 1.29 is 12.8 Å². The summed E-state index contributed by atoms with van der Waals surface area (Å²) in [5, 5.41) is 0. The Hall–Kier alpha value is -0.990. The lowest BCUT2D eigenvalue weighted by molar-refractivity contribution is 0.593. The van der Waals surface area contributed by atoms with Crippen molar-refractivity contribution in [2.75, 3.05) is 4.72 Å². The molecule has 0 atom stereocenters. The van der Waals surface area contributed by atoms with E-state index in [0.29, 0.717) is 4.47 Å². The summed E-state index contributed by atoms with van der Waals surface area (Å²) in [5.41, 5.74) is 0. The van der Waals surface area contributed by atoms with Gasteiger partial charge >= 0.3 is 0 Å². The van der Waals surface area contributed by atoms with E-state index in [2.05, 4.69) is 41.6 Å². The molecular formula is C11H7Br2FN2O2S. The fraction of sp³-hybridized carbons (Fsp3) is 0. The summed E-state index contributed by atoms with van der Waals surface area (Å²) in [4.78, 5) is 3.71. The van der Waals surface area contributed by atoms with Crippen molar-refractivity contribution in [2.45, 2.75) is 4.90 Å². The molecule has 19 heavy (non-hydrogen) atoms. The lowest BCUT2D eigenvalue weighted by Crippen LogP contribution is -2.14. The van der Waals surface area contributed by atoms with E-state index in [4.69, 9.17) is 0 Å². The first kappa shape index (κ1) is 14.4. The monoisotopic (exact) mass is 408 g/mol. The maximum atomic E-state index is 13.4. The van der Waals surface area contributed by atoms with Gasteiger partial charge in [-0.05, 0) is 62.2 Å². The van der Waals surface area contributed by atoms with Crippen molar-refractivity contribution in [3.05, 3.63) is 51.3 Å². The van der Waals surface area contributed by atoms with Crippen LogP contribution in [0.3, 0.4) is 0 Å². The number of halogens is 3. The molecule has 0 saturated carbocycles. The minimum atomic E-state index is -3.88. The predicted octanol–water partition coefficient (Wildman–Crippen LogP) is 3.55. The molecule has 8 heteroatoms. The summed E-state index contributed by atoms with van der Waals surface area (Å²) >= 11 is 6.14. The van der Waals surface area contributed by atoms with Gasteiger partial charge in [-0.25, -0.2) is 17.8 Å². The maximum Gasteiger partial charge on any atom is 0.263 e. The van der Waals surface area contributed by atoms with Crippen molar-refractivity contribution in [3.8, 4) is 0 Å². The number of anilines is 1. The quantitative estimate of drug-likeness (QED) is 0.843. The third-order valence-corrected chi connectivity index (χ3v) is 4.81. The van der Waals surface area contributed by atoms with Gasteiger partial charge in [0.25, 0.3) is 10.0 Å². The molecule has 1 aromatic heterocycles. The van der Waals surface area contributed by atoms with Gasteiger partial charge in [0, 0.05) is 6.20 Å². The highest BCUT2D eigenvalue weighted by Crippen LogP contribution is 2.24. The van der Waals surface area contributed by atoms with Crippen molar-refractivity contribution in [3.63, 3.8) is 0 Å². The number of rotatable bonds is 3. The van der Waals surface area contributed by atoms with E-state index >= 15 is 0 Å². The average molecular weight is 410 g/mol. The van der Waals surface area contributed by atoms with Crippen LogP contribution in [-0.2, 0) is 10.0 Å². The zero-order valence-electron chi connectivity index (χ0n) is 9.27. The summed E-state index contributed by atoms with van der Waals surface area (Å²) < 4.78 is 40.5. The molecule has 0 spiro atoms. The largest absolute Gasteiger partial charge is 0.263 e. The van der Waals surface area contributed by atoms with Gasteiger partial charge in [-0.2, -0.15) is 0 Å². The number of benzene rings is 1. The van der Waals surface area contributed by atoms with E-state index in [1.165, 1.54) is 18.3 Å². The van der Waals surface area contributed by atoms with E-state index in [0.717, 1.165) is 6.07 Å². The lowest BCUT2D eigenvalue weighted by Gasteiger charge is -2.08. The maximum absolute atomic E-state index is 13.4. The van der Waals surface area contributed by atoms with Crippen molar-refractivity contribution in [2.24, 2.45) is 0 Å². The molecule has 0 aliphatic heterocycles. The number of sulfonamides is 1. The molecule has 2 aromatic rings. The third kappa shape index (κ3) is 3.31.